The molecule has 0 aliphatic carbocycles. The molecule has 0 unspecified atom stereocenters. The average Bonchev–Trinajstić information content (AvgIpc) is 2.38. The van der Waals surface area contributed by atoms with Crippen molar-refractivity contribution < 1.29 is 9.59 Å². The Kier molecular flexibility index (Phi) is 5.63. The molecule has 0 aliphatic heterocycles. The molecule has 104 valence electrons. The number of rotatable bonds is 5. The second-order valence-corrected chi connectivity index (χ2v) is 4.42. The molecule has 1 aromatic rings. The van der Waals surface area contributed by atoms with Crippen LogP contribution in [0.4, 0.5) is 5.69 Å². The first kappa shape index (κ1) is 15.3. The maximum atomic E-state index is 12.3. The van der Waals surface area contributed by atoms with Crippen molar-refractivity contribution in [3.63, 3.8) is 0 Å². The molecule has 1 aromatic carbocycles. The van der Waals surface area contributed by atoms with Crippen LogP contribution in [0.15, 0.2) is 18.2 Å². The number of likely N-dealkylation sites (N-methyl/N-ethyl adjacent to an activating group) is 2. The van der Waals surface area contributed by atoms with Gasteiger partial charge in [-0.25, -0.2) is 0 Å². The van der Waals surface area contributed by atoms with Crippen LogP contribution >= 0.6 is 11.6 Å². The molecule has 0 aromatic heterocycles. The molecule has 6 heteroatoms. The Balaban J connectivity index is 2.89. The molecule has 0 atom stereocenters. The molecule has 3 N–H and O–H groups in total. The Hall–Kier alpha value is -1.75. The largest absolute Gasteiger partial charge is 0.399 e. The van der Waals surface area contributed by atoms with E-state index in [1.165, 1.54) is 11.0 Å². The van der Waals surface area contributed by atoms with E-state index in [-0.39, 0.29) is 18.4 Å². The standard InChI is InChI=1S/C13H18ClN3O2/c1-3-16-12(18)8-17(4-2)13(19)10-7-9(15)5-6-11(10)14/h5-7H,3-4,8,15H2,1-2H3,(H,16,18). The number of carbonyl (C=O) groups excluding carboxylic acids is 2. The fourth-order valence-electron chi connectivity index (χ4n) is 1.63. The Bertz CT molecular complexity index is 477. The average molecular weight is 284 g/mol. The molecule has 0 bridgehead atoms. The van der Waals surface area contributed by atoms with Gasteiger partial charge in [0.25, 0.3) is 5.91 Å². The highest BCUT2D eigenvalue weighted by atomic mass is 35.5. The maximum Gasteiger partial charge on any atom is 0.255 e. The van der Waals surface area contributed by atoms with E-state index in [9.17, 15) is 9.59 Å². The Labute approximate surface area is 117 Å². The van der Waals surface area contributed by atoms with Crippen molar-refractivity contribution in [1.82, 2.24) is 10.2 Å². The molecule has 2 amide bonds. The minimum Gasteiger partial charge on any atom is -0.399 e. The van der Waals surface area contributed by atoms with Gasteiger partial charge in [-0.3, -0.25) is 9.59 Å². The van der Waals surface area contributed by atoms with E-state index in [2.05, 4.69) is 5.32 Å². The fraction of sp³-hybridized carbons (Fsp3) is 0.385. The minimum atomic E-state index is -0.300. The summed E-state index contributed by atoms with van der Waals surface area (Å²) in [6, 6.07) is 4.72. The number of halogens is 1. The Morgan fingerprint density at radius 1 is 1.37 bits per heavy atom. The normalized spacial score (nSPS) is 10.1. The summed E-state index contributed by atoms with van der Waals surface area (Å²) in [6.45, 7) is 4.58. The first-order valence-corrected chi connectivity index (χ1v) is 6.48. The zero-order chi connectivity index (χ0) is 14.4. The number of carbonyl (C=O) groups is 2. The molecule has 19 heavy (non-hydrogen) atoms. The van der Waals surface area contributed by atoms with Crippen LogP contribution in [0.2, 0.25) is 5.02 Å². The molecule has 0 radical (unpaired) electrons. The summed E-state index contributed by atoms with van der Waals surface area (Å²) in [7, 11) is 0. The number of nitrogens with zero attached hydrogens (tertiary/aromatic N) is 1. The summed E-state index contributed by atoms with van der Waals surface area (Å²) < 4.78 is 0. The van der Waals surface area contributed by atoms with Crippen molar-refractivity contribution in [2.75, 3.05) is 25.4 Å². The summed E-state index contributed by atoms with van der Waals surface area (Å²) in [5, 5.41) is 2.98. The topological polar surface area (TPSA) is 75.4 Å². The van der Waals surface area contributed by atoms with Crippen LogP contribution in [0.1, 0.15) is 24.2 Å². The number of hydrogen-bond acceptors (Lipinski definition) is 3. The van der Waals surface area contributed by atoms with Gasteiger partial charge in [-0.05, 0) is 32.0 Å². The SMILES string of the molecule is CCNC(=O)CN(CC)C(=O)c1cc(N)ccc1Cl. The van der Waals surface area contributed by atoms with E-state index in [1.54, 1.807) is 19.1 Å². The van der Waals surface area contributed by atoms with E-state index < -0.39 is 0 Å². The zero-order valence-electron chi connectivity index (χ0n) is 11.1. The summed E-state index contributed by atoms with van der Waals surface area (Å²) in [5.41, 5.74) is 6.42. The molecule has 0 aliphatic rings. The lowest BCUT2D eigenvalue weighted by Crippen LogP contribution is -2.40. The molecular weight excluding hydrogens is 266 g/mol. The van der Waals surface area contributed by atoms with Crippen molar-refractivity contribution in [1.29, 1.82) is 0 Å². The van der Waals surface area contributed by atoms with Crippen molar-refractivity contribution in [2.24, 2.45) is 0 Å². The van der Waals surface area contributed by atoms with Crippen LogP contribution in [-0.2, 0) is 4.79 Å². The quantitative estimate of drug-likeness (QED) is 0.805. The van der Waals surface area contributed by atoms with Crippen LogP contribution in [0, 0.1) is 0 Å². The van der Waals surface area contributed by atoms with Gasteiger partial charge >= 0.3 is 0 Å². The number of benzene rings is 1. The third-order valence-corrected chi connectivity index (χ3v) is 2.93. The fourth-order valence-corrected chi connectivity index (χ4v) is 1.83. The van der Waals surface area contributed by atoms with Gasteiger partial charge in [0.05, 0.1) is 17.1 Å². The second kappa shape index (κ2) is 6.99. The van der Waals surface area contributed by atoms with Gasteiger partial charge in [0, 0.05) is 18.8 Å². The van der Waals surface area contributed by atoms with Crippen molar-refractivity contribution in [3.05, 3.63) is 28.8 Å². The van der Waals surface area contributed by atoms with Crippen LogP contribution in [0.3, 0.4) is 0 Å². The lowest BCUT2D eigenvalue weighted by Gasteiger charge is -2.21. The van der Waals surface area contributed by atoms with Gasteiger partial charge in [0.15, 0.2) is 0 Å². The van der Waals surface area contributed by atoms with Gasteiger partial charge in [-0.1, -0.05) is 11.6 Å². The smallest absolute Gasteiger partial charge is 0.255 e. The number of nitrogens with two attached hydrogens (primary N) is 1. The van der Waals surface area contributed by atoms with Crippen LogP contribution < -0.4 is 11.1 Å². The zero-order valence-corrected chi connectivity index (χ0v) is 11.8. The van der Waals surface area contributed by atoms with Crippen LogP contribution in [0.25, 0.3) is 0 Å². The molecule has 0 spiro atoms. The summed E-state index contributed by atoms with van der Waals surface area (Å²) in [5.74, 6) is -0.497. The Morgan fingerprint density at radius 3 is 2.63 bits per heavy atom. The number of hydrogen-bond donors (Lipinski definition) is 2. The monoisotopic (exact) mass is 283 g/mol. The van der Waals surface area contributed by atoms with Gasteiger partial charge in [0.2, 0.25) is 5.91 Å². The summed E-state index contributed by atoms with van der Waals surface area (Å²) in [6.07, 6.45) is 0. The highest BCUT2D eigenvalue weighted by Gasteiger charge is 2.19. The van der Waals surface area contributed by atoms with Crippen molar-refractivity contribution in [2.45, 2.75) is 13.8 Å². The molecule has 0 saturated heterocycles. The predicted octanol–water partition coefficient (Wildman–Crippen LogP) is 1.52. The maximum absolute atomic E-state index is 12.3. The van der Waals surface area contributed by atoms with Crippen LogP contribution in [-0.4, -0.2) is 36.3 Å². The van der Waals surface area contributed by atoms with Gasteiger partial charge in [0.1, 0.15) is 0 Å². The van der Waals surface area contributed by atoms with Gasteiger partial charge < -0.3 is 16.0 Å². The highest BCUT2D eigenvalue weighted by Crippen LogP contribution is 2.20. The molecule has 0 fully saturated rings. The van der Waals surface area contributed by atoms with E-state index in [0.717, 1.165) is 0 Å². The van der Waals surface area contributed by atoms with E-state index in [0.29, 0.717) is 29.4 Å². The number of anilines is 1. The predicted molar refractivity (Wildman–Crippen MR) is 76.1 cm³/mol. The third kappa shape index (κ3) is 4.13. The lowest BCUT2D eigenvalue weighted by molar-refractivity contribution is -0.121. The lowest BCUT2D eigenvalue weighted by atomic mass is 10.1. The van der Waals surface area contributed by atoms with E-state index in [4.69, 9.17) is 17.3 Å². The van der Waals surface area contributed by atoms with Gasteiger partial charge in [-0.15, -0.1) is 0 Å². The number of nitrogen functional groups attached to an aromatic ring is 1. The van der Waals surface area contributed by atoms with Crippen molar-refractivity contribution >= 4 is 29.1 Å². The second-order valence-electron chi connectivity index (χ2n) is 4.01. The Morgan fingerprint density at radius 2 is 2.05 bits per heavy atom. The van der Waals surface area contributed by atoms with Gasteiger partial charge in [-0.2, -0.15) is 0 Å². The van der Waals surface area contributed by atoms with E-state index in [1.807, 2.05) is 6.92 Å². The van der Waals surface area contributed by atoms with E-state index >= 15 is 0 Å². The molecule has 5 nitrogen and oxygen atoms in total. The molecule has 0 saturated carbocycles. The molecule has 0 heterocycles. The number of amides is 2. The minimum absolute atomic E-state index is 0.00824. The third-order valence-electron chi connectivity index (χ3n) is 2.60. The molecule has 1 rings (SSSR count). The molecular formula is C13H18ClN3O2. The highest BCUT2D eigenvalue weighted by molar-refractivity contribution is 6.34. The first-order chi connectivity index (χ1) is 8.99. The van der Waals surface area contributed by atoms with Crippen LogP contribution in [0.5, 0.6) is 0 Å². The van der Waals surface area contributed by atoms with Crippen molar-refractivity contribution in [3.8, 4) is 0 Å². The number of nitrogens with one attached hydrogen (secondary N) is 1. The summed E-state index contributed by atoms with van der Waals surface area (Å²) in [4.78, 5) is 25.3. The first-order valence-electron chi connectivity index (χ1n) is 6.10. The summed E-state index contributed by atoms with van der Waals surface area (Å²) >= 11 is 5.99.